The van der Waals surface area contributed by atoms with E-state index in [2.05, 4.69) is 15.3 Å². The van der Waals surface area contributed by atoms with Crippen LogP contribution in [0.25, 0.3) is 0 Å². The van der Waals surface area contributed by atoms with Crippen LogP contribution in [0.3, 0.4) is 0 Å². The SMILES string of the molecule is CC(C)c1nc(N)cc(NCc2ccccc2F)n1. The lowest BCUT2D eigenvalue weighted by atomic mass is 10.2. The standard InChI is InChI=1S/C14H17FN4/c1-9(2)14-18-12(16)7-13(19-14)17-8-10-5-3-4-6-11(10)15/h3-7,9H,8H2,1-2H3,(H3,16,17,18,19). The number of hydrogen-bond acceptors (Lipinski definition) is 4. The lowest BCUT2D eigenvalue weighted by Gasteiger charge is -2.10. The third-order valence-corrected chi connectivity index (χ3v) is 2.70. The largest absolute Gasteiger partial charge is 0.384 e. The summed E-state index contributed by atoms with van der Waals surface area (Å²) in [5, 5.41) is 3.07. The molecule has 0 aliphatic carbocycles. The van der Waals surface area contributed by atoms with Gasteiger partial charge >= 0.3 is 0 Å². The summed E-state index contributed by atoms with van der Waals surface area (Å²) in [6.45, 7) is 4.35. The molecule has 0 fully saturated rings. The smallest absolute Gasteiger partial charge is 0.135 e. The first-order valence-electron chi connectivity index (χ1n) is 6.18. The summed E-state index contributed by atoms with van der Waals surface area (Å²) in [6, 6.07) is 8.28. The van der Waals surface area contributed by atoms with Crippen molar-refractivity contribution >= 4 is 11.6 Å². The molecule has 2 aromatic rings. The summed E-state index contributed by atoms with van der Waals surface area (Å²) in [4.78, 5) is 8.51. The van der Waals surface area contributed by atoms with Gasteiger partial charge in [-0.15, -0.1) is 0 Å². The van der Waals surface area contributed by atoms with Crippen molar-refractivity contribution < 1.29 is 4.39 Å². The molecule has 1 aromatic heterocycles. The van der Waals surface area contributed by atoms with Crippen molar-refractivity contribution in [3.05, 3.63) is 47.5 Å². The molecule has 0 saturated carbocycles. The summed E-state index contributed by atoms with van der Waals surface area (Å²) in [6.07, 6.45) is 0. The minimum atomic E-state index is -0.235. The molecule has 0 saturated heterocycles. The van der Waals surface area contributed by atoms with Gasteiger partial charge in [-0.05, 0) is 6.07 Å². The van der Waals surface area contributed by atoms with Gasteiger partial charge < -0.3 is 11.1 Å². The zero-order chi connectivity index (χ0) is 13.8. The van der Waals surface area contributed by atoms with Crippen molar-refractivity contribution in [1.82, 2.24) is 9.97 Å². The van der Waals surface area contributed by atoms with Crippen molar-refractivity contribution in [1.29, 1.82) is 0 Å². The van der Waals surface area contributed by atoms with E-state index in [0.29, 0.717) is 29.6 Å². The van der Waals surface area contributed by atoms with Gasteiger partial charge in [-0.2, -0.15) is 0 Å². The predicted octanol–water partition coefficient (Wildman–Crippen LogP) is 2.93. The number of benzene rings is 1. The van der Waals surface area contributed by atoms with Crippen LogP contribution in [-0.2, 0) is 6.54 Å². The molecule has 100 valence electrons. The maximum Gasteiger partial charge on any atom is 0.135 e. The van der Waals surface area contributed by atoms with Crippen molar-refractivity contribution in [3.8, 4) is 0 Å². The molecule has 19 heavy (non-hydrogen) atoms. The van der Waals surface area contributed by atoms with Crippen LogP contribution >= 0.6 is 0 Å². The van der Waals surface area contributed by atoms with E-state index in [1.54, 1.807) is 24.3 Å². The van der Waals surface area contributed by atoms with Gasteiger partial charge in [0.05, 0.1) is 0 Å². The van der Waals surface area contributed by atoms with Crippen LogP contribution in [0.5, 0.6) is 0 Å². The summed E-state index contributed by atoms with van der Waals surface area (Å²) in [7, 11) is 0. The highest BCUT2D eigenvalue weighted by molar-refractivity contribution is 5.45. The van der Waals surface area contributed by atoms with Gasteiger partial charge in [-0.3, -0.25) is 0 Å². The minimum Gasteiger partial charge on any atom is -0.384 e. The number of nitrogens with one attached hydrogen (secondary N) is 1. The highest BCUT2D eigenvalue weighted by Crippen LogP contribution is 2.16. The van der Waals surface area contributed by atoms with E-state index in [-0.39, 0.29) is 11.7 Å². The average molecular weight is 260 g/mol. The molecule has 0 spiro atoms. The molecule has 0 aliphatic rings. The molecule has 5 heteroatoms. The number of nitrogens with zero attached hydrogens (tertiary/aromatic N) is 2. The van der Waals surface area contributed by atoms with Crippen LogP contribution in [0.1, 0.15) is 31.2 Å². The number of rotatable bonds is 4. The van der Waals surface area contributed by atoms with E-state index in [9.17, 15) is 4.39 Å². The average Bonchev–Trinajstić information content (AvgIpc) is 2.37. The van der Waals surface area contributed by atoms with Crippen molar-refractivity contribution in [2.45, 2.75) is 26.3 Å². The molecule has 2 rings (SSSR count). The van der Waals surface area contributed by atoms with Crippen LogP contribution in [0.4, 0.5) is 16.0 Å². The lowest BCUT2D eigenvalue weighted by molar-refractivity contribution is 0.613. The first-order chi connectivity index (χ1) is 9.06. The fourth-order valence-corrected chi connectivity index (χ4v) is 1.66. The Labute approximate surface area is 111 Å². The summed E-state index contributed by atoms with van der Waals surface area (Å²) < 4.78 is 13.5. The third-order valence-electron chi connectivity index (χ3n) is 2.70. The summed E-state index contributed by atoms with van der Waals surface area (Å²) in [5.41, 5.74) is 6.32. The quantitative estimate of drug-likeness (QED) is 0.887. The maximum atomic E-state index is 13.5. The minimum absolute atomic E-state index is 0.192. The molecular weight excluding hydrogens is 243 g/mol. The Kier molecular flexibility index (Phi) is 3.94. The molecule has 1 aromatic carbocycles. The first kappa shape index (κ1) is 13.3. The Morgan fingerprint density at radius 1 is 1.26 bits per heavy atom. The highest BCUT2D eigenvalue weighted by atomic mass is 19.1. The van der Waals surface area contributed by atoms with Gasteiger partial charge in [-0.25, -0.2) is 14.4 Å². The van der Waals surface area contributed by atoms with Crippen molar-refractivity contribution in [2.24, 2.45) is 0 Å². The van der Waals surface area contributed by atoms with E-state index >= 15 is 0 Å². The predicted molar refractivity (Wildman–Crippen MR) is 74.3 cm³/mol. The van der Waals surface area contributed by atoms with Crippen LogP contribution in [0.2, 0.25) is 0 Å². The van der Waals surface area contributed by atoms with Crippen LogP contribution in [0.15, 0.2) is 30.3 Å². The third kappa shape index (κ3) is 3.40. The zero-order valence-corrected chi connectivity index (χ0v) is 11.0. The maximum absolute atomic E-state index is 13.5. The molecule has 0 atom stereocenters. The second-order valence-electron chi connectivity index (χ2n) is 4.64. The van der Waals surface area contributed by atoms with E-state index < -0.39 is 0 Å². The molecule has 0 unspecified atom stereocenters. The summed E-state index contributed by atoms with van der Waals surface area (Å²) in [5.74, 6) is 1.66. The molecule has 4 nitrogen and oxygen atoms in total. The number of nitrogen functional groups attached to an aromatic ring is 1. The molecule has 0 bridgehead atoms. The molecule has 0 aliphatic heterocycles. The van der Waals surface area contributed by atoms with E-state index in [1.165, 1.54) is 6.07 Å². The van der Waals surface area contributed by atoms with Crippen LogP contribution in [-0.4, -0.2) is 9.97 Å². The lowest BCUT2D eigenvalue weighted by Crippen LogP contribution is -2.08. The van der Waals surface area contributed by atoms with Gasteiger partial charge in [0.25, 0.3) is 0 Å². The molecule has 0 amide bonds. The highest BCUT2D eigenvalue weighted by Gasteiger charge is 2.07. The topological polar surface area (TPSA) is 63.8 Å². The van der Waals surface area contributed by atoms with Crippen molar-refractivity contribution in [2.75, 3.05) is 11.1 Å². The van der Waals surface area contributed by atoms with Crippen LogP contribution < -0.4 is 11.1 Å². The summed E-state index contributed by atoms with van der Waals surface area (Å²) >= 11 is 0. The Balaban J connectivity index is 2.14. The number of nitrogens with two attached hydrogens (primary N) is 1. The Morgan fingerprint density at radius 2 is 2.00 bits per heavy atom. The Bertz CT molecular complexity index is 569. The number of anilines is 2. The number of hydrogen-bond donors (Lipinski definition) is 2. The Hall–Kier alpha value is -2.17. The first-order valence-corrected chi connectivity index (χ1v) is 6.18. The van der Waals surface area contributed by atoms with Gasteiger partial charge in [-0.1, -0.05) is 32.0 Å². The monoisotopic (exact) mass is 260 g/mol. The zero-order valence-electron chi connectivity index (χ0n) is 11.0. The second kappa shape index (κ2) is 5.65. The van der Waals surface area contributed by atoms with Gasteiger partial charge in [0.15, 0.2) is 0 Å². The van der Waals surface area contributed by atoms with Gasteiger partial charge in [0.1, 0.15) is 23.3 Å². The Morgan fingerprint density at radius 3 is 2.68 bits per heavy atom. The fourth-order valence-electron chi connectivity index (χ4n) is 1.66. The fraction of sp³-hybridized carbons (Fsp3) is 0.286. The number of halogens is 1. The van der Waals surface area contributed by atoms with E-state index in [1.807, 2.05) is 13.8 Å². The molecule has 3 N–H and O–H groups in total. The second-order valence-corrected chi connectivity index (χ2v) is 4.64. The number of aromatic nitrogens is 2. The molecular formula is C14H17FN4. The molecule has 0 radical (unpaired) electrons. The molecule has 1 heterocycles. The van der Waals surface area contributed by atoms with Crippen LogP contribution in [0, 0.1) is 5.82 Å². The van der Waals surface area contributed by atoms with E-state index in [0.717, 1.165) is 0 Å². The van der Waals surface area contributed by atoms with E-state index in [4.69, 9.17) is 5.73 Å². The van der Waals surface area contributed by atoms with Gasteiger partial charge in [0, 0.05) is 24.1 Å². The normalized spacial score (nSPS) is 10.7. The van der Waals surface area contributed by atoms with Crippen molar-refractivity contribution in [3.63, 3.8) is 0 Å². The van der Waals surface area contributed by atoms with Gasteiger partial charge in [0.2, 0.25) is 0 Å².